The molecule has 1 N–H and O–H groups in total. The number of hydrogen-bond donors (Lipinski definition) is 1. The number of hydrogen-bond acceptors (Lipinski definition) is 4. The van der Waals surface area contributed by atoms with Gasteiger partial charge in [0, 0.05) is 32.8 Å². The van der Waals surface area contributed by atoms with Crippen LogP contribution in [0.3, 0.4) is 0 Å². The van der Waals surface area contributed by atoms with E-state index in [0.717, 1.165) is 19.6 Å². The number of likely N-dealkylation sites (N-methyl/N-ethyl adjacent to an activating group) is 1. The lowest BCUT2D eigenvalue weighted by Crippen LogP contribution is -2.42. The van der Waals surface area contributed by atoms with Gasteiger partial charge in [-0.15, -0.1) is 0 Å². The Labute approximate surface area is 120 Å². The molecule has 2 bridgehead atoms. The van der Waals surface area contributed by atoms with Crippen LogP contribution >= 0.6 is 0 Å². The lowest BCUT2D eigenvalue weighted by atomic mass is 9.99. The predicted molar refractivity (Wildman–Crippen MR) is 75.5 cm³/mol. The summed E-state index contributed by atoms with van der Waals surface area (Å²) in [6, 6.07) is 0.564. The number of nitrogens with zero attached hydrogens (tertiary/aromatic N) is 2. The van der Waals surface area contributed by atoms with Gasteiger partial charge in [0.25, 0.3) is 6.47 Å². The Morgan fingerprint density at radius 2 is 2.05 bits per heavy atom. The molecule has 6 heteroatoms. The van der Waals surface area contributed by atoms with Gasteiger partial charge in [-0.1, -0.05) is 6.42 Å². The highest BCUT2D eigenvalue weighted by Crippen LogP contribution is 2.25. The van der Waals surface area contributed by atoms with E-state index in [0.29, 0.717) is 25.0 Å². The molecule has 0 radical (unpaired) electrons. The van der Waals surface area contributed by atoms with Crippen LogP contribution in [0.15, 0.2) is 0 Å². The summed E-state index contributed by atoms with van der Waals surface area (Å²) >= 11 is 0. The minimum atomic E-state index is -0.250. The number of ether oxygens (including phenoxy) is 1. The second-order valence-corrected chi connectivity index (χ2v) is 5.54. The summed E-state index contributed by atoms with van der Waals surface area (Å²) in [5.74, 6) is 0.929. The molecule has 2 saturated heterocycles. The van der Waals surface area contributed by atoms with Crippen LogP contribution in [0.2, 0.25) is 0 Å². The third-order valence-corrected chi connectivity index (χ3v) is 4.10. The van der Waals surface area contributed by atoms with E-state index in [4.69, 9.17) is 14.6 Å². The maximum absolute atomic E-state index is 12.1. The number of carboxylic acid groups (broad SMARTS) is 1. The molecule has 116 valence electrons. The molecule has 6 nitrogen and oxygen atoms in total. The van der Waals surface area contributed by atoms with Crippen LogP contribution in [-0.4, -0.2) is 73.7 Å². The Bertz CT molecular complexity index is 312. The van der Waals surface area contributed by atoms with E-state index >= 15 is 0 Å². The Balaban J connectivity index is 0.000000612. The molecule has 0 aromatic heterocycles. The standard InChI is InChI=1S/C13H24N2O2.CH2O2/c1-14-8-11-4-3-5-12(14)10-15(9-11)13(16)6-7-17-2;2-1-3/h11-12H,3-10H2,1-2H3;1H,(H,2,3)/t11-,12-;/m0./s1. The van der Waals surface area contributed by atoms with Crippen molar-refractivity contribution in [2.24, 2.45) is 5.92 Å². The van der Waals surface area contributed by atoms with E-state index < -0.39 is 0 Å². The second kappa shape index (κ2) is 8.92. The van der Waals surface area contributed by atoms with E-state index in [-0.39, 0.29) is 12.4 Å². The van der Waals surface area contributed by atoms with Gasteiger partial charge in [-0.05, 0) is 25.8 Å². The first-order chi connectivity index (χ1) is 9.62. The van der Waals surface area contributed by atoms with E-state index in [1.165, 1.54) is 19.3 Å². The molecule has 1 amide bonds. The SMILES string of the molecule is COCCC(=O)N1C[C@H]2CCC[C@@H](C1)N(C)C2.O=CO. The predicted octanol–water partition coefficient (Wildman–Crippen LogP) is 0.666. The molecule has 2 heterocycles. The summed E-state index contributed by atoms with van der Waals surface area (Å²) in [4.78, 5) is 24.9. The average Bonchev–Trinajstić information content (AvgIpc) is 2.65. The monoisotopic (exact) mass is 286 g/mol. The number of amides is 1. The molecular weight excluding hydrogens is 260 g/mol. The quantitative estimate of drug-likeness (QED) is 0.772. The molecule has 0 aliphatic carbocycles. The first-order valence-electron chi connectivity index (χ1n) is 7.17. The second-order valence-electron chi connectivity index (χ2n) is 5.54. The number of fused-ring (bicyclic) bond motifs is 3. The summed E-state index contributed by atoms with van der Waals surface area (Å²) in [6.45, 7) is 3.30. The normalized spacial score (nSPS) is 26.2. The van der Waals surface area contributed by atoms with Crippen LogP contribution in [0.25, 0.3) is 0 Å². The molecule has 0 aromatic carbocycles. The summed E-state index contributed by atoms with van der Waals surface area (Å²) in [5.41, 5.74) is 0. The third-order valence-electron chi connectivity index (χ3n) is 4.10. The fraction of sp³-hybridized carbons (Fsp3) is 0.857. The largest absolute Gasteiger partial charge is 0.483 e. The minimum Gasteiger partial charge on any atom is -0.483 e. The van der Waals surface area contributed by atoms with Crippen LogP contribution in [0.1, 0.15) is 25.7 Å². The fourth-order valence-electron chi connectivity index (χ4n) is 3.08. The maximum Gasteiger partial charge on any atom is 0.290 e. The Kier molecular flexibility index (Phi) is 7.54. The number of methoxy groups -OCH3 is 1. The zero-order chi connectivity index (χ0) is 15.0. The molecule has 2 atom stereocenters. The van der Waals surface area contributed by atoms with Crippen molar-refractivity contribution in [2.75, 3.05) is 40.4 Å². The number of likely N-dealkylation sites (tertiary alicyclic amines) is 1. The Morgan fingerprint density at radius 3 is 2.70 bits per heavy atom. The highest BCUT2D eigenvalue weighted by atomic mass is 16.5. The van der Waals surface area contributed by atoms with Crippen LogP contribution in [-0.2, 0) is 14.3 Å². The molecule has 2 aliphatic rings. The maximum atomic E-state index is 12.1. The summed E-state index contributed by atoms with van der Waals surface area (Å²) < 4.78 is 4.99. The lowest BCUT2D eigenvalue weighted by molar-refractivity contribution is -0.133. The number of carbonyl (C=O) groups is 2. The van der Waals surface area contributed by atoms with Crippen molar-refractivity contribution in [3.8, 4) is 0 Å². The Morgan fingerprint density at radius 1 is 1.35 bits per heavy atom. The molecule has 2 fully saturated rings. The van der Waals surface area contributed by atoms with Gasteiger partial charge in [-0.25, -0.2) is 0 Å². The molecular formula is C14H26N2O4. The number of rotatable bonds is 3. The van der Waals surface area contributed by atoms with Gasteiger partial charge in [0.2, 0.25) is 5.91 Å². The molecule has 0 saturated carbocycles. The van der Waals surface area contributed by atoms with Gasteiger partial charge in [-0.2, -0.15) is 0 Å². The summed E-state index contributed by atoms with van der Waals surface area (Å²) in [7, 11) is 3.85. The molecule has 0 aromatic rings. The van der Waals surface area contributed by atoms with Crippen LogP contribution in [0.4, 0.5) is 0 Å². The molecule has 2 aliphatic heterocycles. The van der Waals surface area contributed by atoms with Crippen LogP contribution in [0, 0.1) is 5.92 Å². The van der Waals surface area contributed by atoms with E-state index in [1.807, 2.05) is 0 Å². The minimum absolute atomic E-state index is 0.250. The van der Waals surface area contributed by atoms with E-state index in [9.17, 15) is 4.79 Å². The zero-order valence-electron chi connectivity index (χ0n) is 12.5. The highest BCUT2D eigenvalue weighted by Gasteiger charge is 2.32. The van der Waals surface area contributed by atoms with E-state index in [2.05, 4.69) is 16.8 Å². The van der Waals surface area contributed by atoms with Gasteiger partial charge < -0.3 is 19.6 Å². The smallest absolute Gasteiger partial charge is 0.290 e. The van der Waals surface area contributed by atoms with Gasteiger partial charge in [0.05, 0.1) is 13.0 Å². The average molecular weight is 286 g/mol. The molecule has 2 rings (SSSR count). The number of carbonyl (C=O) groups excluding carboxylic acids is 1. The van der Waals surface area contributed by atoms with Crippen molar-refractivity contribution in [2.45, 2.75) is 31.7 Å². The topological polar surface area (TPSA) is 70.1 Å². The summed E-state index contributed by atoms with van der Waals surface area (Å²) in [6.07, 6.45) is 4.36. The first-order valence-corrected chi connectivity index (χ1v) is 7.17. The third kappa shape index (κ3) is 5.09. The van der Waals surface area contributed by atoms with Crippen molar-refractivity contribution < 1.29 is 19.4 Å². The van der Waals surface area contributed by atoms with Gasteiger partial charge in [0.15, 0.2) is 0 Å². The van der Waals surface area contributed by atoms with Crippen molar-refractivity contribution in [1.82, 2.24) is 9.80 Å². The van der Waals surface area contributed by atoms with Gasteiger partial charge in [-0.3, -0.25) is 9.59 Å². The first kappa shape index (κ1) is 16.9. The van der Waals surface area contributed by atoms with Crippen LogP contribution < -0.4 is 0 Å². The van der Waals surface area contributed by atoms with Gasteiger partial charge in [0.1, 0.15) is 0 Å². The molecule has 20 heavy (non-hydrogen) atoms. The molecule has 0 unspecified atom stereocenters. The van der Waals surface area contributed by atoms with Crippen molar-refractivity contribution in [3.05, 3.63) is 0 Å². The van der Waals surface area contributed by atoms with Crippen molar-refractivity contribution >= 4 is 12.4 Å². The van der Waals surface area contributed by atoms with Crippen LogP contribution in [0.5, 0.6) is 0 Å². The van der Waals surface area contributed by atoms with E-state index in [1.54, 1.807) is 7.11 Å². The summed E-state index contributed by atoms with van der Waals surface area (Å²) in [5, 5.41) is 6.89. The highest BCUT2D eigenvalue weighted by molar-refractivity contribution is 5.76. The van der Waals surface area contributed by atoms with Crippen molar-refractivity contribution in [3.63, 3.8) is 0 Å². The lowest BCUT2D eigenvalue weighted by Gasteiger charge is -2.29. The Hall–Kier alpha value is -1.14. The molecule has 0 spiro atoms. The van der Waals surface area contributed by atoms with Gasteiger partial charge >= 0.3 is 0 Å². The fourth-order valence-corrected chi connectivity index (χ4v) is 3.08. The zero-order valence-corrected chi connectivity index (χ0v) is 12.5. The van der Waals surface area contributed by atoms with Crippen molar-refractivity contribution in [1.29, 1.82) is 0 Å².